The zero-order chi connectivity index (χ0) is 16.1. The number of carbonyl (C=O) groups excluding carboxylic acids is 1. The normalized spacial score (nSPS) is 41.0. The van der Waals surface area contributed by atoms with Gasteiger partial charge in [0, 0.05) is 11.3 Å². The van der Waals surface area contributed by atoms with Crippen molar-refractivity contribution < 1.29 is 4.79 Å². The van der Waals surface area contributed by atoms with Gasteiger partial charge in [0.2, 0.25) is 0 Å². The van der Waals surface area contributed by atoms with Crippen LogP contribution in [-0.2, 0) is 5.75 Å². The van der Waals surface area contributed by atoms with Crippen LogP contribution in [0.2, 0.25) is 0 Å². The topological polar surface area (TPSA) is 29.1 Å². The molecule has 1 aromatic rings. The molecule has 4 bridgehead atoms. The molecular weight excluding hydrogens is 302 g/mol. The summed E-state index contributed by atoms with van der Waals surface area (Å²) < 4.78 is 0. The predicted molar refractivity (Wildman–Crippen MR) is 96.4 cm³/mol. The van der Waals surface area contributed by atoms with Gasteiger partial charge in [0.25, 0.3) is 5.24 Å². The molecule has 2 atom stereocenters. The molecule has 4 aliphatic carbocycles. The fourth-order valence-electron chi connectivity index (χ4n) is 6.56. The quantitative estimate of drug-likeness (QED) is 0.807. The number of hydrogen-bond acceptors (Lipinski definition) is 2. The minimum absolute atomic E-state index is 0.0731. The molecule has 0 saturated heterocycles. The zero-order valence-electron chi connectivity index (χ0n) is 14.2. The molecule has 4 saturated carbocycles. The number of benzene rings is 1. The Morgan fingerprint density at radius 2 is 1.74 bits per heavy atom. The van der Waals surface area contributed by atoms with Crippen LogP contribution in [0.4, 0.5) is 4.79 Å². The fourth-order valence-corrected chi connectivity index (χ4v) is 7.34. The van der Waals surface area contributed by atoms with Crippen LogP contribution in [-0.4, -0.2) is 10.8 Å². The Morgan fingerprint density at radius 1 is 1.09 bits per heavy atom. The summed E-state index contributed by atoms with van der Waals surface area (Å²) in [5, 5.41) is 3.64. The van der Waals surface area contributed by atoms with Crippen molar-refractivity contribution in [2.45, 2.75) is 63.7 Å². The summed E-state index contributed by atoms with van der Waals surface area (Å²) in [6.07, 6.45) is 7.67. The highest BCUT2D eigenvalue weighted by molar-refractivity contribution is 8.12. The van der Waals surface area contributed by atoms with E-state index in [1.165, 1.54) is 55.9 Å². The van der Waals surface area contributed by atoms with Gasteiger partial charge in [-0.1, -0.05) is 55.9 Å². The van der Waals surface area contributed by atoms with E-state index in [0.717, 1.165) is 11.7 Å². The van der Waals surface area contributed by atoms with Crippen molar-refractivity contribution in [2.24, 2.45) is 16.7 Å². The van der Waals surface area contributed by atoms with Crippen LogP contribution < -0.4 is 5.32 Å². The van der Waals surface area contributed by atoms with Crippen LogP contribution in [0.5, 0.6) is 0 Å². The van der Waals surface area contributed by atoms with Crippen LogP contribution >= 0.6 is 11.8 Å². The SMILES string of the molecule is C[C@]12CC3CC(NC(=O)SCc4ccccc4)(C1)C[C@](C)(C3)C2. The van der Waals surface area contributed by atoms with E-state index in [-0.39, 0.29) is 10.8 Å². The third-order valence-electron chi connectivity index (χ3n) is 6.21. The van der Waals surface area contributed by atoms with E-state index in [1.54, 1.807) is 0 Å². The average molecular weight is 330 g/mol. The van der Waals surface area contributed by atoms with E-state index in [9.17, 15) is 4.79 Å². The van der Waals surface area contributed by atoms with Crippen molar-refractivity contribution in [1.82, 2.24) is 5.32 Å². The summed E-state index contributed by atoms with van der Waals surface area (Å²) in [6.45, 7) is 4.90. The number of hydrogen-bond donors (Lipinski definition) is 1. The third kappa shape index (κ3) is 3.05. The lowest BCUT2D eigenvalue weighted by Crippen LogP contribution is -2.64. The summed E-state index contributed by atoms with van der Waals surface area (Å²) in [5.74, 6) is 1.58. The molecule has 0 heterocycles. The van der Waals surface area contributed by atoms with Crippen LogP contribution in [0.15, 0.2) is 30.3 Å². The third-order valence-corrected chi connectivity index (χ3v) is 7.05. The van der Waals surface area contributed by atoms with Crippen molar-refractivity contribution in [3.8, 4) is 0 Å². The largest absolute Gasteiger partial charge is 0.341 e. The molecule has 23 heavy (non-hydrogen) atoms. The maximum Gasteiger partial charge on any atom is 0.279 e. The summed E-state index contributed by atoms with van der Waals surface area (Å²) in [5.41, 5.74) is 2.19. The van der Waals surface area contributed by atoms with Gasteiger partial charge < -0.3 is 5.32 Å². The lowest BCUT2D eigenvalue weighted by Gasteiger charge is -2.65. The molecule has 5 rings (SSSR count). The van der Waals surface area contributed by atoms with E-state index < -0.39 is 0 Å². The fraction of sp³-hybridized carbons (Fsp3) is 0.650. The van der Waals surface area contributed by atoms with Crippen LogP contribution in [0, 0.1) is 16.7 Å². The van der Waals surface area contributed by atoms with Crippen molar-refractivity contribution in [3.05, 3.63) is 35.9 Å². The Balaban J connectivity index is 1.43. The van der Waals surface area contributed by atoms with E-state index in [4.69, 9.17) is 0 Å². The number of nitrogens with one attached hydrogen (secondary N) is 1. The second-order valence-electron chi connectivity index (χ2n) is 9.10. The Morgan fingerprint density at radius 3 is 2.35 bits per heavy atom. The van der Waals surface area contributed by atoms with E-state index in [0.29, 0.717) is 10.8 Å². The van der Waals surface area contributed by atoms with Crippen LogP contribution in [0.3, 0.4) is 0 Å². The lowest BCUT2D eigenvalue weighted by atomic mass is 9.43. The first kappa shape index (κ1) is 15.6. The Bertz CT molecular complexity index is 595. The molecule has 1 N–H and O–H groups in total. The minimum Gasteiger partial charge on any atom is -0.341 e. The summed E-state index contributed by atoms with van der Waals surface area (Å²) >= 11 is 1.43. The molecule has 4 fully saturated rings. The predicted octanol–water partition coefficient (Wildman–Crippen LogP) is 5.38. The standard InChI is InChI=1S/C20H27NOS/c1-18-8-16-9-19(2,12-18)14-20(10-16,13-18)21-17(22)23-11-15-6-4-3-5-7-15/h3-7,16H,8-14H2,1-2H3,(H,21,22)/t16?,18-,19-,20?/m1/s1. The molecule has 0 radical (unpaired) electrons. The molecule has 0 unspecified atom stereocenters. The second kappa shape index (κ2) is 5.27. The van der Waals surface area contributed by atoms with Gasteiger partial charge in [-0.3, -0.25) is 4.79 Å². The van der Waals surface area contributed by atoms with Gasteiger partial charge in [0.1, 0.15) is 0 Å². The van der Waals surface area contributed by atoms with E-state index in [1.807, 2.05) is 18.2 Å². The minimum atomic E-state index is 0.0731. The Labute approximate surface area is 143 Å². The highest BCUT2D eigenvalue weighted by Crippen LogP contribution is 2.66. The van der Waals surface area contributed by atoms with Gasteiger partial charge in [-0.15, -0.1) is 0 Å². The highest BCUT2D eigenvalue weighted by Gasteiger charge is 2.60. The molecular formula is C20H27NOS. The van der Waals surface area contributed by atoms with Crippen molar-refractivity contribution in [1.29, 1.82) is 0 Å². The first-order chi connectivity index (χ1) is 10.9. The number of carbonyl (C=O) groups is 1. The zero-order valence-corrected chi connectivity index (χ0v) is 15.0. The first-order valence-electron chi connectivity index (χ1n) is 8.87. The van der Waals surface area contributed by atoms with Crippen LogP contribution in [0.25, 0.3) is 0 Å². The van der Waals surface area contributed by atoms with Gasteiger partial charge >= 0.3 is 0 Å². The van der Waals surface area contributed by atoms with Gasteiger partial charge in [-0.2, -0.15) is 0 Å². The molecule has 0 aromatic heterocycles. The number of thioether (sulfide) groups is 1. The molecule has 2 nitrogen and oxygen atoms in total. The number of amides is 1. The molecule has 3 heteroatoms. The smallest absolute Gasteiger partial charge is 0.279 e. The van der Waals surface area contributed by atoms with Crippen LogP contribution in [0.1, 0.15) is 57.9 Å². The van der Waals surface area contributed by atoms with Gasteiger partial charge in [0.15, 0.2) is 0 Å². The average Bonchev–Trinajstić information content (AvgIpc) is 2.42. The molecule has 124 valence electrons. The van der Waals surface area contributed by atoms with Crippen molar-refractivity contribution in [3.63, 3.8) is 0 Å². The summed E-state index contributed by atoms with van der Waals surface area (Å²) in [6, 6.07) is 10.3. The van der Waals surface area contributed by atoms with Gasteiger partial charge in [-0.25, -0.2) is 0 Å². The summed E-state index contributed by atoms with van der Waals surface area (Å²) in [7, 11) is 0. The van der Waals surface area contributed by atoms with Crippen molar-refractivity contribution >= 4 is 17.0 Å². The molecule has 0 aliphatic heterocycles. The maximum absolute atomic E-state index is 12.6. The molecule has 1 amide bonds. The highest BCUT2D eigenvalue weighted by atomic mass is 32.2. The van der Waals surface area contributed by atoms with Gasteiger partial charge in [0.05, 0.1) is 0 Å². The van der Waals surface area contributed by atoms with Gasteiger partial charge in [-0.05, 0) is 60.8 Å². The second-order valence-corrected chi connectivity index (χ2v) is 10.0. The molecule has 1 aromatic carbocycles. The molecule has 4 aliphatic rings. The first-order valence-corrected chi connectivity index (χ1v) is 9.85. The Hall–Kier alpha value is -0.960. The van der Waals surface area contributed by atoms with E-state index >= 15 is 0 Å². The van der Waals surface area contributed by atoms with E-state index in [2.05, 4.69) is 31.3 Å². The number of rotatable bonds is 3. The summed E-state index contributed by atoms with van der Waals surface area (Å²) in [4.78, 5) is 12.6. The van der Waals surface area contributed by atoms with Crippen molar-refractivity contribution in [2.75, 3.05) is 0 Å². The Kier molecular flexibility index (Phi) is 3.57. The maximum atomic E-state index is 12.6. The molecule has 0 spiro atoms. The lowest BCUT2D eigenvalue weighted by molar-refractivity contribution is -0.112. The monoisotopic (exact) mass is 329 g/mol.